The van der Waals surface area contributed by atoms with Crippen molar-refractivity contribution in [1.29, 1.82) is 0 Å². The van der Waals surface area contributed by atoms with Gasteiger partial charge in [0.05, 0.1) is 4.88 Å². The summed E-state index contributed by atoms with van der Waals surface area (Å²) in [5.74, 6) is 1.74. The molecule has 3 rings (SSSR count). The zero-order valence-corrected chi connectivity index (χ0v) is 13.6. The molecular formula is C17H19NO3S. The van der Waals surface area contributed by atoms with Crippen LogP contribution in [0.1, 0.15) is 22.2 Å². The number of ketones is 1. The Hall–Kier alpha value is -1.85. The molecule has 1 atom stereocenters. The summed E-state index contributed by atoms with van der Waals surface area (Å²) in [5.41, 5.74) is 1.16. The summed E-state index contributed by atoms with van der Waals surface area (Å²) in [7, 11) is 2.05. The molecule has 5 heteroatoms. The van der Waals surface area contributed by atoms with Crippen LogP contribution in [-0.2, 0) is 6.54 Å². The summed E-state index contributed by atoms with van der Waals surface area (Å²) >= 11 is 1.50. The number of hydrogen-bond donors (Lipinski definition) is 0. The lowest BCUT2D eigenvalue weighted by molar-refractivity contribution is 0.0638. The Morgan fingerprint density at radius 1 is 1.36 bits per heavy atom. The SMILES string of the molecule is CC(=O)c1cc(CN(C)C[C@H]2COc3ccccc3O2)cs1. The first-order chi connectivity index (χ1) is 10.6. The number of likely N-dealkylation sites (N-methyl/N-ethyl adjacent to an activating group) is 1. The zero-order valence-electron chi connectivity index (χ0n) is 12.7. The van der Waals surface area contributed by atoms with Crippen LogP contribution in [0.4, 0.5) is 0 Å². The van der Waals surface area contributed by atoms with E-state index >= 15 is 0 Å². The Morgan fingerprint density at radius 3 is 2.86 bits per heavy atom. The molecule has 1 aromatic carbocycles. The van der Waals surface area contributed by atoms with Crippen molar-refractivity contribution >= 4 is 17.1 Å². The molecule has 0 aliphatic carbocycles. The minimum absolute atomic E-state index is 0.0193. The van der Waals surface area contributed by atoms with Crippen LogP contribution in [-0.4, -0.2) is 37.0 Å². The van der Waals surface area contributed by atoms with Crippen LogP contribution in [0.15, 0.2) is 35.7 Å². The Balaban J connectivity index is 1.56. The molecule has 22 heavy (non-hydrogen) atoms. The van der Waals surface area contributed by atoms with Gasteiger partial charge < -0.3 is 9.47 Å². The van der Waals surface area contributed by atoms with Gasteiger partial charge in [-0.15, -0.1) is 11.3 Å². The molecule has 0 fully saturated rings. The monoisotopic (exact) mass is 317 g/mol. The van der Waals surface area contributed by atoms with Gasteiger partial charge in [-0.3, -0.25) is 9.69 Å². The third-order valence-electron chi connectivity index (χ3n) is 3.54. The van der Waals surface area contributed by atoms with E-state index in [0.717, 1.165) is 35.0 Å². The number of benzene rings is 1. The molecule has 1 aromatic heterocycles. The first kappa shape index (κ1) is 15.1. The second kappa shape index (κ2) is 6.50. The van der Waals surface area contributed by atoms with E-state index in [4.69, 9.17) is 9.47 Å². The predicted octanol–water partition coefficient (Wildman–Crippen LogP) is 3.22. The number of fused-ring (bicyclic) bond motifs is 1. The zero-order chi connectivity index (χ0) is 15.5. The number of thiophene rings is 1. The maximum Gasteiger partial charge on any atom is 0.169 e. The van der Waals surface area contributed by atoms with Gasteiger partial charge in [0, 0.05) is 13.1 Å². The van der Waals surface area contributed by atoms with Gasteiger partial charge in [-0.05, 0) is 43.1 Å². The molecule has 4 nitrogen and oxygen atoms in total. The normalized spacial score (nSPS) is 16.8. The number of hydrogen-bond acceptors (Lipinski definition) is 5. The van der Waals surface area contributed by atoms with Crippen molar-refractivity contribution in [3.05, 3.63) is 46.2 Å². The fourth-order valence-corrected chi connectivity index (χ4v) is 3.33. The van der Waals surface area contributed by atoms with Crippen LogP contribution in [0, 0.1) is 0 Å². The van der Waals surface area contributed by atoms with Gasteiger partial charge in [-0.1, -0.05) is 12.1 Å². The third kappa shape index (κ3) is 3.48. The number of nitrogens with zero attached hydrogens (tertiary/aromatic N) is 1. The first-order valence-electron chi connectivity index (χ1n) is 7.27. The van der Waals surface area contributed by atoms with E-state index in [0.29, 0.717) is 6.61 Å². The van der Waals surface area contributed by atoms with Crippen LogP contribution in [0.5, 0.6) is 11.5 Å². The van der Waals surface area contributed by atoms with Crippen molar-refractivity contribution < 1.29 is 14.3 Å². The van der Waals surface area contributed by atoms with E-state index in [1.807, 2.05) is 35.7 Å². The van der Waals surface area contributed by atoms with Crippen LogP contribution in [0.3, 0.4) is 0 Å². The van der Waals surface area contributed by atoms with Crippen molar-refractivity contribution in [2.24, 2.45) is 0 Å². The van der Waals surface area contributed by atoms with Gasteiger partial charge in [0.2, 0.25) is 0 Å². The fourth-order valence-electron chi connectivity index (χ4n) is 2.52. The summed E-state index contributed by atoms with van der Waals surface area (Å²) in [4.78, 5) is 14.3. The number of Topliss-reactive ketones (excluding diaryl/α,β-unsaturated/α-hetero) is 1. The molecule has 0 bridgehead atoms. The van der Waals surface area contributed by atoms with E-state index in [9.17, 15) is 4.79 Å². The number of carbonyl (C=O) groups is 1. The van der Waals surface area contributed by atoms with Crippen LogP contribution < -0.4 is 9.47 Å². The van der Waals surface area contributed by atoms with Gasteiger partial charge in [0.1, 0.15) is 12.7 Å². The van der Waals surface area contributed by atoms with Gasteiger partial charge in [-0.25, -0.2) is 0 Å². The Labute approximate surface area is 134 Å². The minimum Gasteiger partial charge on any atom is -0.486 e. The summed E-state index contributed by atoms with van der Waals surface area (Å²) < 4.78 is 11.7. The summed E-state index contributed by atoms with van der Waals surface area (Å²) in [5, 5.41) is 2.04. The van der Waals surface area contributed by atoms with Crippen molar-refractivity contribution in [3.63, 3.8) is 0 Å². The molecule has 1 aliphatic heterocycles. The van der Waals surface area contributed by atoms with E-state index in [1.165, 1.54) is 11.3 Å². The second-order valence-electron chi connectivity index (χ2n) is 5.57. The van der Waals surface area contributed by atoms with Gasteiger partial charge >= 0.3 is 0 Å². The highest BCUT2D eigenvalue weighted by atomic mass is 32.1. The summed E-state index contributed by atoms with van der Waals surface area (Å²) in [6.45, 7) is 3.73. The van der Waals surface area contributed by atoms with E-state index in [1.54, 1.807) is 6.92 Å². The molecule has 0 spiro atoms. The maximum absolute atomic E-state index is 11.3. The first-order valence-corrected chi connectivity index (χ1v) is 8.15. The van der Waals surface area contributed by atoms with Crippen LogP contribution >= 0.6 is 11.3 Å². The maximum atomic E-state index is 11.3. The summed E-state index contributed by atoms with van der Waals surface area (Å²) in [6, 6.07) is 9.71. The standard InChI is InChI=1S/C17H19NO3S/c1-12(19)17-7-13(11-22-17)8-18(2)9-14-10-20-15-5-3-4-6-16(15)21-14/h3-7,11,14H,8-10H2,1-2H3/t14-/m0/s1. The molecule has 0 unspecified atom stereocenters. The second-order valence-corrected chi connectivity index (χ2v) is 6.48. The largest absolute Gasteiger partial charge is 0.486 e. The topological polar surface area (TPSA) is 38.8 Å². The highest BCUT2D eigenvalue weighted by Crippen LogP contribution is 2.31. The van der Waals surface area contributed by atoms with E-state index in [-0.39, 0.29) is 11.9 Å². The average Bonchev–Trinajstić information content (AvgIpc) is 2.95. The Morgan fingerprint density at radius 2 is 2.14 bits per heavy atom. The molecule has 2 heterocycles. The molecule has 1 aliphatic rings. The number of para-hydroxylation sites is 2. The number of ether oxygens (including phenoxy) is 2. The molecule has 116 valence electrons. The molecule has 2 aromatic rings. The Kier molecular flexibility index (Phi) is 4.45. The lowest BCUT2D eigenvalue weighted by Crippen LogP contribution is -2.39. The van der Waals surface area contributed by atoms with Crippen molar-refractivity contribution in [2.75, 3.05) is 20.2 Å². The highest BCUT2D eigenvalue weighted by molar-refractivity contribution is 7.12. The van der Waals surface area contributed by atoms with Crippen LogP contribution in [0.2, 0.25) is 0 Å². The minimum atomic E-state index is 0.0193. The quantitative estimate of drug-likeness (QED) is 0.794. The molecular weight excluding hydrogens is 298 g/mol. The van der Waals surface area contributed by atoms with Gasteiger partial charge in [-0.2, -0.15) is 0 Å². The number of carbonyl (C=O) groups excluding carboxylic acids is 1. The highest BCUT2D eigenvalue weighted by Gasteiger charge is 2.22. The molecule has 0 radical (unpaired) electrons. The number of rotatable bonds is 5. The Bertz CT molecular complexity index is 667. The molecule has 0 saturated carbocycles. The lowest BCUT2D eigenvalue weighted by Gasteiger charge is -2.29. The molecule has 0 N–H and O–H groups in total. The van der Waals surface area contributed by atoms with Crippen molar-refractivity contribution in [2.45, 2.75) is 19.6 Å². The van der Waals surface area contributed by atoms with E-state index in [2.05, 4.69) is 11.9 Å². The molecule has 0 amide bonds. The van der Waals surface area contributed by atoms with Gasteiger partial charge in [0.15, 0.2) is 17.3 Å². The lowest BCUT2D eigenvalue weighted by atomic mass is 10.2. The average molecular weight is 317 g/mol. The van der Waals surface area contributed by atoms with E-state index < -0.39 is 0 Å². The predicted molar refractivity (Wildman–Crippen MR) is 87.0 cm³/mol. The third-order valence-corrected chi connectivity index (χ3v) is 4.62. The van der Waals surface area contributed by atoms with Gasteiger partial charge in [0.25, 0.3) is 0 Å². The van der Waals surface area contributed by atoms with Crippen molar-refractivity contribution in [1.82, 2.24) is 4.90 Å². The fraction of sp³-hybridized carbons (Fsp3) is 0.353. The summed E-state index contributed by atoms with van der Waals surface area (Å²) in [6.07, 6.45) is 0.0193. The smallest absolute Gasteiger partial charge is 0.169 e. The van der Waals surface area contributed by atoms with Crippen LogP contribution in [0.25, 0.3) is 0 Å². The van der Waals surface area contributed by atoms with Crippen molar-refractivity contribution in [3.8, 4) is 11.5 Å². The molecule has 0 saturated heterocycles.